The van der Waals surface area contributed by atoms with E-state index in [1.807, 2.05) is 12.3 Å². The smallest absolute Gasteiger partial charge is 0.0705 e. The van der Waals surface area contributed by atoms with Gasteiger partial charge in [-0.1, -0.05) is 18.2 Å². The van der Waals surface area contributed by atoms with Crippen molar-refractivity contribution in [3.05, 3.63) is 42.1 Å². The van der Waals surface area contributed by atoms with E-state index in [1.54, 1.807) is 0 Å². The van der Waals surface area contributed by atoms with E-state index in [2.05, 4.69) is 46.5 Å². The average Bonchev–Trinajstić information content (AvgIpc) is 2.63. The number of rotatable bonds is 1. The molecule has 3 rings (SSSR count). The van der Waals surface area contributed by atoms with Gasteiger partial charge in [0.05, 0.1) is 5.52 Å². The monoisotopic (exact) mass is 241 g/mol. The minimum Gasteiger partial charge on any atom is -0.309 e. The summed E-state index contributed by atoms with van der Waals surface area (Å²) in [4.78, 5) is 6.84. The normalized spacial score (nSPS) is 21.9. The van der Waals surface area contributed by atoms with E-state index in [0.717, 1.165) is 18.6 Å². The van der Waals surface area contributed by atoms with Gasteiger partial charge in [-0.15, -0.1) is 0 Å². The van der Waals surface area contributed by atoms with Crippen LogP contribution in [0, 0.1) is 0 Å². The predicted molar refractivity (Wildman–Crippen MR) is 74.6 cm³/mol. The van der Waals surface area contributed by atoms with Crippen LogP contribution in [0.1, 0.15) is 18.0 Å². The number of para-hydroxylation sites is 1. The fourth-order valence-electron chi connectivity index (χ4n) is 2.72. The molecule has 94 valence electrons. The molecular weight excluding hydrogens is 222 g/mol. The molecule has 2 heterocycles. The van der Waals surface area contributed by atoms with E-state index in [0.29, 0.717) is 6.04 Å². The van der Waals surface area contributed by atoms with Crippen LogP contribution in [0.4, 0.5) is 0 Å². The summed E-state index contributed by atoms with van der Waals surface area (Å²) in [6.07, 6.45) is 3.14. The lowest BCUT2D eigenvalue weighted by Gasteiger charge is -2.22. The Balaban J connectivity index is 2.02. The number of benzene rings is 1. The first-order valence-electron chi connectivity index (χ1n) is 6.60. The second-order valence-electron chi connectivity index (χ2n) is 5.04. The number of hydrogen-bond donors (Lipinski definition) is 1. The van der Waals surface area contributed by atoms with Crippen molar-refractivity contribution < 1.29 is 0 Å². The molecule has 0 aliphatic carbocycles. The van der Waals surface area contributed by atoms with E-state index in [9.17, 15) is 0 Å². The predicted octanol–water partition coefficient (Wildman–Crippen LogP) is 2.20. The Morgan fingerprint density at radius 2 is 2.17 bits per heavy atom. The minimum atomic E-state index is 0.408. The van der Waals surface area contributed by atoms with E-state index >= 15 is 0 Å². The number of nitrogens with zero attached hydrogens (tertiary/aromatic N) is 2. The summed E-state index contributed by atoms with van der Waals surface area (Å²) >= 11 is 0. The number of hydrogen-bond acceptors (Lipinski definition) is 3. The van der Waals surface area contributed by atoms with Gasteiger partial charge in [0, 0.05) is 24.2 Å². The molecule has 1 aromatic carbocycles. The summed E-state index contributed by atoms with van der Waals surface area (Å²) in [7, 11) is 2.20. The minimum absolute atomic E-state index is 0.408. The Hall–Kier alpha value is -1.45. The van der Waals surface area contributed by atoms with Crippen molar-refractivity contribution in [3.8, 4) is 0 Å². The van der Waals surface area contributed by atoms with Gasteiger partial charge in [-0.3, -0.25) is 4.98 Å². The maximum Gasteiger partial charge on any atom is 0.0705 e. The zero-order valence-corrected chi connectivity index (χ0v) is 10.8. The van der Waals surface area contributed by atoms with Gasteiger partial charge in [-0.05, 0) is 44.3 Å². The maximum absolute atomic E-state index is 4.44. The first kappa shape index (κ1) is 11.6. The van der Waals surface area contributed by atoms with Crippen molar-refractivity contribution in [3.63, 3.8) is 0 Å². The summed E-state index contributed by atoms with van der Waals surface area (Å²) < 4.78 is 0. The van der Waals surface area contributed by atoms with Crippen LogP contribution in [0.2, 0.25) is 0 Å². The molecule has 1 fully saturated rings. The van der Waals surface area contributed by atoms with Crippen LogP contribution in [0.25, 0.3) is 10.9 Å². The highest BCUT2D eigenvalue weighted by molar-refractivity contribution is 5.82. The molecule has 18 heavy (non-hydrogen) atoms. The zero-order chi connectivity index (χ0) is 12.4. The molecule has 2 aromatic rings. The fourth-order valence-corrected chi connectivity index (χ4v) is 2.72. The number of fused-ring (bicyclic) bond motifs is 1. The van der Waals surface area contributed by atoms with Crippen LogP contribution >= 0.6 is 0 Å². The summed E-state index contributed by atoms with van der Waals surface area (Å²) in [5.74, 6) is 0. The van der Waals surface area contributed by atoms with Crippen molar-refractivity contribution >= 4 is 10.9 Å². The highest BCUT2D eigenvalue weighted by Crippen LogP contribution is 2.24. The zero-order valence-electron chi connectivity index (χ0n) is 10.8. The van der Waals surface area contributed by atoms with Crippen LogP contribution in [0.5, 0.6) is 0 Å². The van der Waals surface area contributed by atoms with E-state index in [-0.39, 0.29) is 0 Å². The molecule has 0 amide bonds. The molecule has 0 radical (unpaired) electrons. The van der Waals surface area contributed by atoms with Gasteiger partial charge in [0.2, 0.25) is 0 Å². The third-order valence-electron chi connectivity index (χ3n) is 3.66. The van der Waals surface area contributed by atoms with E-state index < -0.39 is 0 Å². The Kier molecular flexibility index (Phi) is 3.26. The highest BCUT2D eigenvalue weighted by atomic mass is 15.1. The molecule has 3 nitrogen and oxygen atoms in total. The quantitative estimate of drug-likeness (QED) is 0.829. The van der Waals surface area contributed by atoms with Crippen molar-refractivity contribution in [2.75, 3.05) is 26.7 Å². The molecule has 0 spiro atoms. The van der Waals surface area contributed by atoms with Crippen molar-refractivity contribution in [1.29, 1.82) is 0 Å². The van der Waals surface area contributed by atoms with Gasteiger partial charge in [0.25, 0.3) is 0 Å². The molecule has 1 atom stereocenters. The summed E-state index contributed by atoms with van der Waals surface area (Å²) in [5, 5.41) is 4.92. The Morgan fingerprint density at radius 3 is 3.11 bits per heavy atom. The van der Waals surface area contributed by atoms with Crippen LogP contribution in [0.3, 0.4) is 0 Å². The van der Waals surface area contributed by atoms with Crippen LogP contribution in [-0.2, 0) is 0 Å². The van der Waals surface area contributed by atoms with Gasteiger partial charge in [0.1, 0.15) is 0 Å². The van der Waals surface area contributed by atoms with Crippen molar-refractivity contribution in [2.24, 2.45) is 0 Å². The lowest BCUT2D eigenvalue weighted by molar-refractivity contribution is 0.327. The molecule has 1 unspecified atom stereocenters. The molecule has 1 N–H and O–H groups in total. The molecule has 1 aliphatic heterocycles. The lowest BCUT2D eigenvalue weighted by Crippen LogP contribution is -2.28. The molecular formula is C15H19N3. The second-order valence-corrected chi connectivity index (χ2v) is 5.04. The lowest BCUT2D eigenvalue weighted by atomic mass is 10.0. The van der Waals surface area contributed by atoms with Crippen LogP contribution < -0.4 is 5.32 Å². The molecule has 1 aliphatic rings. The molecule has 0 saturated carbocycles. The number of pyridine rings is 1. The summed E-state index contributed by atoms with van der Waals surface area (Å²) in [6, 6.07) is 11.0. The summed E-state index contributed by atoms with van der Waals surface area (Å²) in [5.41, 5.74) is 2.46. The highest BCUT2D eigenvalue weighted by Gasteiger charge is 2.18. The topological polar surface area (TPSA) is 28.2 Å². The molecule has 1 saturated heterocycles. The first-order valence-corrected chi connectivity index (χ1v) is 6.60. The molecule has 0 bridgehead atoms. The van der Waals surface area contributed by atoms with Gasteiger partial charge in [0.15, 0.2) is 0 Å². The Bertz CT molecular complexity index is 533. The standard InChI is InChI=1S/C15H19N3/c1-18-10-4-8-16-15(11-18)13-7-9-17-14-6-3-2-5-12(13)14/h2-3,5-7,9,15-16H,4,8,10-11H2,1H3. The van der Waals surface area contributed by atoms with Crippen LogP contribution in [-0.4, -0.2) is 36.6 Å². The van der Waals surface area contributed by atoms with Crippen molar-refractivity contribution in [1.82, 2.24) is 15.2 Å². The third-order valence-corrected chi connectivity index (χ3v) is 3.66. The maximum atomic E-state index is 4.44. The molecule has 3 heteroatoms. The summed E-state index contributed by atoms with van der Waals surface area (Å²) in [6.45, 7) is 3.33. The average molecular weight is 241 g/mol. The number of nitrogens with one attached hydrogen (secondary N) is 1. The Labute approximate surface area is 108 Å². The SMILES string of the molecule is CN1CCCNC(c2ccnc3ccccc23)C1. The van der Waals surface area contributed by atoms with Gasteiger partial charge < -0.3 is 10.2 Å². The Morgan fingerprint density at radius 1 is 1.28 bits per heavy atom. The van der Waals surface area contributed by atoms with Gasteiger partial charge in [-0.25, -0.2) is 0 Å². The fraction of sp³-hybridized carbons (Fsp3) is 0.400. The van der Waals surface area contributed by atoms with E-state index in [4.69, 9.17) is 0 Å². The molecule has 1 aromatic heterocycles. The number of aromatic nitrogens is 1. The van der Waals surface area contributed by atoms with Gasteiger partial charge >= 0.3 is 0 Å². The third kappa shape index (κ3) is 2.24. The van der Waals surface area contributed by atoms with Gasteiger partial charge in [-0.2, -0.15) is 0 Å². The van der Waals surface area contributed by atoms with Crippen LogP contribution in [0.15, 0.2) is 36.5 Å². The second kappa shape index (κ2) is 5.04. The largest absolute Gasteiger partial charge is 0.309 e. The van der Waals surface area contributed by atoms with Crippen molar-refractivity contribution in [2.45, 2.75) is 12.5 Å². The first-order chi connectivity index (χ1) is 8.84. The number of likely N-dealkylation sites (N-methyl/N-ethyl adjacent to an activating group) is 1. The van der Waals surface area contributed by atoms with E-state index in [1.165, 1.54) is 23.9 Å².